The van der Waals surface area contributed by atoms with Crippen LogP contribution in [0.15, 0.2) is 0 Å². The van der Waals surface area contributed by atoms with Crippen LogP contribution in [0.25, 0.3) is 0 Å². The molecule has 1 unspecified atom stereocenters. The van der Waals surface area contributed by atoms with Gasteiger partial charge in [-0.3, -0.25) is 0 Å². The van der Waals surface area contributed by atoms with Gasteiger partial charge in [0.05, 0.1) is 11.7 Å². The number of aromatic amines is 1. The zero-order chi connectivity index (χ0) is 9.14. The van der Waals surface area contributed by atoms with Gasteiger partial charge in [-0.25, -0.2) is 4.98 Å². The van der Waals surface area contributed by atoms with Crippen molar-refractivity contribution in [3.8, 4) is 12.3 Å². The first kappa shape index (κ1) is 8.75. The van der Waals surface area contributed by atoms with Crippen molar-refractivity contribution in [1.29, 1.82) is 0 Å². The number of H-pyrrole nitrogens is 1. The number of aromatic nitrogens is 2. The summed E-state index contributed by atoms with van der Waals surface area (Å²) in [4.78, 5) is 6.30. The average molecular weight is 167 g/mol. The molecule has 0 bridgehead atoms. The van der Waals surface area contributed by atoms with Gasteiger partial charge in [-0.05, 0) is 6.92 Å². The van der Waals surface area contributed by atoms with Crippen LogP contribution in [0.1, 0.15) is 11.5 Å². The number of nitrogens with two attached hydrogens (primary N) is 1. The molecule has 0 radical (unpaired) electrons. The molecule has 0 saturated heterocycles. The van der Waals surface area contributed by atoms with E-state index in [0.717, 1.165) is 0 Å². The summed E-state index contributed by atoms with van der Waals surface area (Å²) in [6, 6.07) is -0.459. The third-order valence-corrected chi connectivity index (χ3v) is 1.48. The molecule has 12 heavy (non-hydrogen) atoms. The van der Waals surface area contributed by atoms with Gasteiger partial charge in [0.25, 0.3) is 0 Å². The van der Waals surface area contributed by atoms with Gasteiger partial charge in [-0.15, -0.1) is 6.42 Å². The highest BCUT2D eigenvalue weighted by Crippen LogP contribution is 2.05. The first-order valence-electron chi connectivity index (χ1n) is 3.56. The number of hydrogen-bond acceptors (Lipinski definition) is 2. The second kappa shape index (κ2) is 3.37. The van der Waals surface area contributed by atoms with Crippen LogP contribution in [0, 0.1) is 25.2 Å². The van der Waals surface area contributed by atoms with Crippen LogP contribution in [0.2, 0.25) is 0 Å². The van der Waals surface area contributed by atoms with Gasteiger partial charge in [-0.2, -0.15) is 4.39 Å². The molecular formula is C8H10FN3. The maximum Gasteiger partial charge on any atom is 0.234 e. The maximum absolute atomic E-state index is 12.8. The summed E-state index contributed by atoms with van der Waals surface area (Å²) in [7, 11) is 0. The van der Waals surface area contributed by atoms with Gasteiger partial charge in [-0.1, -0.05) is 5.92 Å². The summed E-state index contributed by atoms with van der Waals surface area (Å²) in [5.41, 5.74) is 5.81. The van der Waals surface area contributed by atoms with Crippen LogP contribution < -0.4 is 5.73 Å². The molecule has 0 saturated carbocycles. The van der Waals surface area contributed by atoms with E-state index in [1.807, 2.05) is 0 Å². The maximum atomic E-state index is 12.8. The van der Waals surface area contributed by atoms with E-state index in [1.165, 1.54) is 0 Å². The van der Waals surface area contributed by atoms with Crippen LogP contribution in [-0.4, -0.2) is 16.0 Å². The molecule has 0 fully saturated rings. The lowest BCUT2D eigenvalue weighted by Crippen LogP contribution is -2.20. The molecule has 64 valence electrons. The molecule has 1 heterocycles. The lowest BCUT2D eigenvalue weighted by Gasteiger charge is -1.99. The number of imidazole rings is 1. The average Bonchev–Trinajstić information content (AvgIpc) is 2.30. The monoisotopic (exact) mass is 167 g/mol. The highest BCUT2D eigenvalue weighted by Gasteiger charge is 2.09. The third kappa shape index (κ3) is 1.83. The predicted molar refractivity (Wildman–Crippen MR) is 43.8 cm³/mol. The molecule has 3 nitrogen and oxygen atoms in total. The normalized spacial score (nSPS) is 12.5. The number of nitrogens with one attached hydrogen (secondary N) is 1. The molecule has 0 aliphatic carbocycles. The topological polar surface area (TPSA) is 54.7 Å². The number of halogens is 1. The highest BCUT2D eigenvalue weighted by molar-refractivity contribution is 5.10. The van der Waals surface area contributed by atoms with Crippen molar-refractivity contribution in [2.45, 2.75) is 19.4 Å². The van der Waals surface area contributed by atoms with Gasteiger partial charge in [0.2, 0.25) is 5.95 Å². The molecule has 0 aromatic carbocycles. The third-order valence-electron chi connectivity index (χ3n) is 1.48. The SMILES string of the molecule is C#CC(N)Cc1[nH]c(C)nc1F. The quantitative estimate of drug-likeness (QED) is 0.625. The number of nitrogens with zero attached hydrogens (tertiary/aromatic N) is 1. The number of terminal acetylenes is 1. The second-order valence-electron chi connectivity index (χ2n) is 2.57. The molecule has 1 aromatic heterocycles. The van der Waals surface area contributed by atoms with Crippen molar-refractivity contribution in [1.82, 2.24) is 9.97 Å². The number of aryl methyl sites for hydroxylation is 1. The zero-order valence-electron chi connectivity index (χ0n) is 6.76. The largest absolute Gasteiger partial charge is 0.343 e. The lowest BCUT2D eigenvalue weighted by atomic mass is 10.2. The Labute approximate surface area is 70.2 Å². The Morgan fingerprint density at radius 2 is 2.50 bits per heavy atom. The van der Waals surface area contributed by atoms with Gasteiger partial charge < -0.3 is 10.7 Å². The van der Waals surface area contributed by atoms with E-state index in [4.69, 9.17) is 12.2 Å². The van der Waals surface area contributed by atoms with Crippen LogP contribution >= 0.6 is 0 Å². The molecule has 0 amide bonds. The van der Waals surface area contributed by atoms with Crippen molar-refractivity contribution >= 4 is 0 Å². The lowest BCUT2D eigenvalue weighted by molar-refractivity contribution is 0.568. The Hall–Kier alpha value is -1.34. The van der Waals surface area contributed by atoms with E-state index in [1.54, 1.807) is 6.92 Å². The van der Waals surface area contributed by atoms with Crippen molar-refractivity contribution in [3.63, 3.8) is 0 Å². The van der Waals surface area contributed by atoms with Gasteiger partial charge in [0, 0.05) is 6.42 Å². The Kier molecular flexibility index (Phi) is 2.46. The molecule has 1 aromatic rings. The van der Waals surface area contributed by atoms with Crippen LogP contribution in [0.4, 0.5) is 4.39 Å². The Morgan fingerprint density at radius 3 is 2.92 bits per heavy atom. The van der Waals surface area contributed by atoms with E-state index in [0.29, 0.717) is 17.9 Å². The van der Waals surface area contributed by atoms with E-state index in [-0.39, 0.29) is 0 Å². The minimum Gasteiger partial charge on any atom is -0.343 e. The molecule has 1 atom stereocenters. The smallest absolute Gasteiger partial charge is 0.234 e. The van der Waals surface area contributed by atoms with E-state index in [9.17, 15) is 4.39 Å². The van der Waals surface area contributed by atoms with Crippen molar-refractivity contribution in [2.24, 2.45) is 5.73 Å². The fourth-order valence-electron chi connectivity index (χ4n) is 0.927. The molecule has 0 aliphatic rings. The Morgan fingerprint density at radius 1 is 1.83 bits per heavy atom. The molecule has 1 rings (SSSR count). The second-order valence-corrected chi connectivity index (χ2v) is 2.57. The first-order chi connectivity index (χ1) is 5.63. The Bertz CT molecular complexity index is 311. The molecule has 4 heteroatoms. The van der Waals surface area contributed by atoms with E-state index in [2.05, 4.69) is 15.9 Å². The van der Waals surface area contributed by atoms with Gasteiger partial charge >= 0.3 is 0 Å². The summed E-state index contributed by atoms with van der Waals surface area (Å²) in [5, 5.41) is 0. The van der Waals surface area contributed by atoms with Crippen molar-refractivity contribution in [2.75, 3.05) is 0 Å². The standard InChI is InChI=1S/C8H10FN3/c1-3-6(10)4-7-8(9)12-5(2)11-7/h1,6H,4,10H2,2H3,(H,11,12). The summed E-state index contributed by atoms with van der Waals surface area (Å²) >= 11 is 0. The van der Waals surface area contributed by atoms with Crippen molar-refractivity contribution < 1.29 is 4.39 Å². The van der Waals surface area contributed by atoms with Gasteiger partial charge in [0.15, 0.2) is 0 Å². The first-order valence-corrected chi connectivity index (χ1v) is 3.56. The molecule has 0 aliphatic heterocycles. The fraction of sp³-hybridized carbons (Fsp3) is 0.375. The number of rotatable bonds is 2. The summed E-state index contributed by atoms with van der Waals surface area (Å²) in [6.45, 7) is 1.67. The molecule has 0 spiro atoms. The Balaban J connectivity index is 2.76. The fourth-order valence-corrected chi connectivity index (χ4v) is 0.927. The van der Waals surface area contributed by atoms with Gasteiger partial charge in [0.1, 0.15) is 5.82 Å². The summed E-state index contributed by atoms with van der Waals surface area (Å²) in [5.74, 6) is 2.33. The molecule has 3 N–H and O–H groups in total. The predicted octanol–water partition coefficient (Wildman–Crippen LogP) is 0.360. The minimum atomic E-state index is -0.516. The van der Waals surface area contributed by atoms with Crippen molar-refractivity contribution in [3.05, 3.63) is 17.5 Å². The summed E-state index contributed by atoms with van der Waals surface area (Å²) < 4.78 is 12.8. The summed E-state index contributed by atoms with van der Waals surface area (Å²) in [6.07, 6.45) is 5.34. The minimum absolute atomic E-state index is 0.295. The van der Waals surface area contributed by atoms with Crippen LogP contribution in [-0.2, 0) is 6.42 Å². The highest BCUT2D eigenvalue weighted by atomic mass is 19.1. The zero-order valence-corrected chi connectivity index (χ0v) is 6.76. The van der Waals surface area contributed by atoms with E-state index >= 15 is 0 Å². The van der Waals surface area contributed by atoms with E-state index < -0.39 is 12.0 Å². The number of hydrogen-bond donors (Lipinski definition) is 2. The molecular weight excluding hydrogens is 157 g/mol. The van der Waals surface area contributed by atoms with Crippen LogP contribution in [0.3, 0.4) is 0 Å². The van der Waals surface area contributed by atoms with Crippen LogP contribution in [0.5, 0.6) is 0 Å².